The average Bonchev–Trinajstić information content (AvgIpc) is 2.96. The number of fused-ring (bicyclic) bond motifs is 1. The first kappa shape index (κ1) is 15.2. The molecule has 2 aromatic carbocycles. The molecule has 0 spiro atoms. The molecule has 0 bridgehead atoms. The SMILES string of the molecule is C=CCOc1cccc(NC(=O)CN2CCc3ccccc32)c1. The Bertz CT molecular complexity index is 712. The predicted molar refractivity (Wildman–Crippen MR) is 93.1 cm³/mol. The quantitative estimate of drug-likeness (QED) is 0.833. The van der Waals surface area contributed by atoms with E-state index in [-0.39, 0.29) is 5.91 Å². The number of hydrogen-bond donors (Lipinski definition) is 1. The number of ether oxygens (including phenoxy) is 1. The van der Waals surface area contributed by atoms with E-state index in [2.05, 4.69) is 28.9 Å². The van der Waals surface area contributed by atoms with E-state index in [0.29, 0.717) is 18.9 Å². The van der Waals surface area contributed by atoms with E-state index in [1.165, 1.54) is 5.56 Å². The van der Waals surface area contributed by atoms with Gasteiger partial charge < -0.3 is 15.0 Å². The number of amides is 1. The van der Waals surface area contributed by atoms with Gasteiger partial charge in [-0.25, -0.2) is 0 Å². The summed E-state index contributed by atoms with van der Waals surface area (Å²) in [6.45, 7) is 5.31. The molecule has 1 aliphatic rings. The fourth-order valence-electron chi connectivity index (χ4n) is 2.76. The summed E-state index contributed by atoms with van der Waals surface area (Å²) >= 11 is 0. The Hall–Kier alpha value is -2.75. The van der Waals surface area contributed by atoms with Crippen LogP contribution in [0.3, 0.4) is 0 Å². The molecule has 2 aromatic rings. The first-order valence-corrected chi connectivity index (χ1v) is 7.73. The lowest BCUT2D eigenvalue weighted by Crippen LogP contribution is -2.31. The van der Waals surface area contributed by atoms with E-state index in [9.17, 15) is 4.79 Å². The van der Waals surface area contributed by atoms with Crippen molar-refractivity contribution in [2.24, 2.45) is 0 Å². The second-order valence-electron chi connectivity index (χ2n) is 5.48. The Morgan fingerprint density at radius 2 is 2.13 bits per heavy atom. The average molecular weight is 308 g/mol. The van der Waals surface area contributed by atoms with Crippen LogP contribution in [-0.2, 0) is 11.2 Å². The van der Waals surface area contributed by atoms with Gasteiger partial charge in [0, 0.05) is 24.0 Å². The number of carbonyl (C=O) groups is 1. The summed E-state index contributed by atoms with van der Waals surface area (Å²) in [5.74, 6) is 0.691. The fourth-order valence-corrected chi connectivity index (χ4v) is 2.76. The summed E-state index contributed by atoms with van der Waals surface area (Å²) in [6, 6.07) is 15.6. The monoisotopic (exact) mass is 308 g/mol. The van der Waals surface area contributed by atoms with E-state index in [0.717, 1.165) is 24.3 Å². The van der Waals surface area contributed by atoms with Gasteiger partial charge in [0.1, 0.15) is 12.4 Å². The molecule has 1 heterocycles. The molecule has 4 nitrogen and oxygen atoms in total. The van der Waals surface area contributed by atoms with Crippen molar-refractivity contribution >= 4 is 17.3 Å². The summed E-state index contributed by atoms with van der Waals surface area (Å²) in [7, 11) is 0. The zero-order valence-electron chi connectivity index (χ0n) is 13.0. The molecule has 1 amide bonds. The predicted octanol–water partition coefficient (Wildman–Crippen LogP) is 3.25. The largest absolute Gasteiger partial charge is 0.489 e. The van der Waals surface area contributed by atoms with Crippen molar-refractivity contribution in [1.29, 1.82) is 0 Å². The van der Waals surface area contributed by atoms with Gasteiger partial charge in [0.25, 0.3) is 0 Å². The number of rotatable bonds is 6. The Kier molecular flexibility index (Phi) is 4.62. The van der Waals surface area contributed by atoms with Gasteiger partial charge in [-0.15, -0.1) is 0 Å². The summed E-state index contributed by atoms with van der Waals surface area (Å²) in [4.78, 5) is 14.4. The first-order chi connectivity index (χ1) is 11.3. The fraction of sp³-hybridized carbons (Fsp3) is 0.211. The van der Waals surface area contributed by atoms with Crippen LogP contribution in [0.2, 0.25) is 0 Å². The molecule has 1 aliphatic heterocycles. The molecule has 0 atom stereocenters. The maximum atomic E-state index is 12.3. The molecule has 0 unspecified atom stereocenters. The van der Waals surface area contributed by atoms with Crippen molar-refractivity contribution in [2.75, 3.05) is 29.9 Å². The van der Waals surface area contributed by atoms with Gasteiger partial charge in [-0.2, -0.15) is 0 Å². The van der Waals surface area contributed by atoms with Crippen LogP contribution in [0.15, 0.2) is 61.2 Å². The zero-order valence-corrected chi connectivity index (χ0v) is 13.0. The molecule has 4 heteroatoms. The van der Waals surface area contributed by atoms with E-state index >= 15 is 0 Å². The van der Waals surface area contributed by atoms with Crippen molar-refractivity contribution in [3.63, 3.8) is 0 Å². The molecule has 23 heavy (non-hydrogen) atoms. The van der Waals surface area contributed by atoms with E-state index in [1.807, 2.05) is 36.4 Å². The Labute approximate surface area is 136 Å². The number of nitrogens with zero attached hydrogens (tertiary/aromatic N) is 1. The maximum Gasteiger partial charge on any atom is 0.243 e. The van der Waals surface area contributed by atoms with Gasteiger partial charge in [-0.3, -0.25) is 4.79 Å². The van der Waals surface area contributed by atoms with Gasteiger partial charge in [0.2, 0.25) is 5.91 Å². The van der Waals surface area contributed by atoms with E-state index in [1.54, 1.807) is 6.08 Å². The molecule has 3 rings (SSSR count). The number of nitrogens with one attached hydrogen (secondary N) is 1. The zero-order chi connectivity index (χ0) is 16.1. The van der Waals surface area contributed by atoms with Crippen LogP contribution >= 0.6 is 0 Å². The maximum absolute atomic E-state index is 12.3. The third-order valence-corrected chi connectivity index (χ3v) is 3.80. The number of anilines is 2. The van der Waals surface area contributed by atoms with Crippen LogP contribution in [0.4, 0.5) is 11.4 Å². The minimum atomic E-state index is -0.0254. The molecular formula is C19H20N2O2. The molecule has 0 aromatic heterocycles. The van der Waals surface area contributed by atoms with Crippen molar-refractivity contribution in [3.8, 4) is 5.75 Å². The molecule has 0 saturated carbocycles. The third-order valence-electron chi connectivity index (χ3n) is 3.80. The summed E-state index contributed by atoms with van der Waals surface area (Å²) in [5.41, 5.74) is 3.20. The third kappa shape index (κ3) is 3.72. The lowest BCUT2D eigenvalue weighted by molar-refractivity contribution is -0.115. The minimum Gasteiger partial charge on any atom is -0.489 e. The number of hydrogen-bond acceptors (Lipinski definition) is 3. The molecule has 0 fully saturated rings. The standard InChI is InChI=1S/C19H20N2O2/c1-2-12-23-17-8-5-7-16(13-17)20-19(22)14-21-11-10-15-6-3-4-9-18(15)21/h2-9,13H,1,10-12,14H2,(H,20,22). The summed E-state index contributed by atoms with van der Waals surface area (Å²) < 4.78 is 5.48. The van der Waals surface area contributed by atoms with Crippen LogP contribution in [-0.4, -0.2) is 25.6 Å². The molecular weight excluding hydrogens is 288 g/mol. The highest BCUT2D eigenvalue weighted by Crippen LogP contribution is 2.27. The molecule has 0 saturated heterocycles. The minimum absolute atomic E-state index is 0.0254. The molecule has 1 N–H and O–H groups in total. The highest BCUT2D eigenvalue weighted by molar-refractivity contribution is 5.94. The number of benzene rings is 2. The molecule has 118 valence electrons. The van der Waals surface area contributed by atoms with Crippen molar-refractivity contribution in [2.45, 2.75) is 6.42 Å². The van der Waals surface area contributed by atoms with Gasteiger partial charge in [0.05, 0.1) is 6.54 Å². The van der Waals surface area contributed by atoms with Crippen LogP contribution in [0.1, 0.15) is 5.56 Å². The van der Waals surface area contributed by atoms with E-state index in [4.69, 9.17) is 4.74 Å². The second kappa shape index (κ2) is 7.01. The molecule has 0 aliphatic carbocycles. The van der Waals surface area contributed by atoms with Gasteiger partial charge in [-0.1, -0.05) is 36.9 Å². The van der Waals surface area contributed by atoms with Crippen LogP contribution in [0, 0.1) is 0 Å². The van der Waals surface area contributed by atoms with Crippen LogP contribution < -0.4 is 15.0 Å². The van der Waals surface area contributed by atoms with Gasteiger partial charge in [0.15, 0.2) is 0 Å². The van der Waals surface area contributed by atoms with Crippen molar-refractivity contribution < 1.29 is 9.53 Å². The topological polar surface area (TPSA) is 41.6 Å². The van der Waals surface area contributed by atoms with Crippen molar-refractivity contribution in [3.05, 3.63) is 66.7 Å². The van der Waals surface area contributed by atoms with Gasteiger partial charge in [-0.05, 0) is 30.2 Å². The highest BCUT2D eigenvalue weighted by Gasteiger charge is 2.20. The summed E-state index contributed by atoms with van der Waals surface area (Å²) in [5, 5.41) is 2.93. The second-order valence-corrected chi connectivity index (χ2v) is 5.48. The highest BCUT2D eigenvalue weighted by atomic mass is 16.5. The Morgan fingerprint density at radius 3 is 3.00 bits per heavy atom. The lowest BCUT2D eigenvalue weighted by Gasteiger charge is -2.18. The number of carbonyl (C=O) groups excluding carboxylic acids is 1. The smallest absolute Gasteiger partial charge is 0.243 e. The van der Waals surface area contributed by atoms with Gasteiger partial charge >= 0.3 is 0 Å². The first-order valence-electron chi connectivity index (χ1n) is 7.73. The Morgan fingerprint density at radius 1 is 1.26 bits per heavy atom. The normalized spacial score (nSPS) is 12.6. The molecule has 0 radical (unpaired) electrons. The summed E-state index contributed by atoms with van der Waals surface area (Å²) in [6.07, 6.45) is 2.68. The lowest BCUT2D eigenvalue weighted by atomic mass is 10.2. The Balaban J connectivity index is 1.61. The van der Waals surface area contributed by atoms with Crippen molar-refractivity contribution in [1.82, 2.24) is 0 Å². The van der Waals surface area contributed by atoms with Crippen LogP contribution in [0.25, 0.3) is 0 Å². The van der Waals surface area contributed by atoms with Crippen LogP contribution in [0.5, 0.6) is 5.75 Å². The number of para-hydroxylation sites is 1. The van der Waals surface area contributed by atoms with E-state index < -0.39 is 0 Å².